The molecule has 0 fully saturated rings. The SMILES string of the molecule is CCN(C)C=Nc1ccc(C(=O)OCc2ncccc2F)c(C)c1C. The van der Waals surface area contributed by atoms with Gasteiger partial charge >= 0.3 is 5.97 Å². The lowest BCUT2D eigenvalue weighted by Crippen LogP contribution is -2.14. The third-order valence-corrected chi connectivity index (χ3v) is 4.05. The van der Waals surface area contributed by atoms with Gasteiger partial charge in [0.25, 0.3) is 0 Å². The summed E-state index contributed by atoms with van der Waals surface area (Å²) in [4.78, 5) is 22.6. The first-order valence-corrected chi connectivity index (χ1v) is 8.05. The number of halogens is 1. The topological polar surface area (TPSA) is 54.8 Å². The molecule has 0 aliphatic heterocycles. The highest BCUT2D eigenvalue weighted by atomic mass is 19.1. The van der Waals surface area contributed by atoms with Crippen LogP contribution in [-0.4, -0.2) is 35.8 Å². The van der Waals surface area contributed by atoms with Gasteiger partial charge in [-0.1, -0.05) is 0 Å². The molecule has 1 aromatic carbocycles. The Balaban J connectivity index is 2.14. The normalized spacial score (nSPS) is 10.9. The van der Waals surface area contributed by atoms with Gasteiger partial charge < -0.3 is 9.64 Å². The largest absolute Gasteiger partial charge is 0.455 e. The Labute approximate surface area is 147 Å². The number of hydrogen-bond acceptors (Lipinski definition) is 4. The number of pyridine rings is 1. The summed E-state index contributed by atoms with van der Waals surface area (Å²) in [7, 11) is 1.94. The molecule has 0 atom stereocenters. The average molecular weight is 343 g/mol. The Hall–Kier alpha value is -2.76. The molecule has 132 valence electrons. The van der Waals surface area contributed by atoms with Crippen LogP contribution in [-0.2, 0) is 11.3 Å². The molecule has 2 aromatic rings. The summed E-state index contributed by atoms with van der Waals surface area (Å²) in [6.07, 6.45) is 3.21. The summed E-state index contributed by atoms with van der Waals surface area (Å²) < 4.78 is 18.7. The molecular formula is C19H22FN3O2. The molecule has 2 rings (SSSR count). The number of carbonyl (C=O) groups is 1. The molecule has 0 unspecified atom stereocenters. The van der Waals surface area contributed by atoms with Gasteiger partial charge in [-0.05, 0) is 56.2 Å². The van der Waals surface area contributed by atoms with Crippen molar-refractivity contribution in [2.75, 3.05) is 13.6 Å². The lowest BCUT2D eigenvalue weighted by Gasteiger charge is -2.12. The van der Waals surface area contributed by atoms with Crippen LogP contribution in [0, 0.1) is 19.7 Å². The minimum absolute atomic E-state index is 0.106. The van der Waals surface area contributed by atoms with Crippen LogP contribution < -0.4 is 0 Å². The lowest BCUT2D eigenvalue weighted by atomic mass is 10.0. The van der Waals surface area contributed by atoms with E-state index in [0.29, 0.717) is 5.56 Å². The molecular weight excluding hydrogens is 321 g/mol. The van der Waals surface area contributed by atoms with Crippen LogP contribution >= 0.6 is 0 Å². The zero-order chi connectivity index (χ0) is 18.4. The van der Waals surface area contributed by atoms with Gasteiger partial charge in [-0.25, -0.2) is 14.2 Å². The fourth-order valence-electron chi connectivity index (χ4n) is 2.15. The number of aliphatic imine (C=N–C) groups is 1. The Morgan fingerprint density at radius 1 is 1.32 bits per heavy atom. The summed E-state index contributed by atoms with van der Waals surface area (Å²) >= 11 is 0. The third-order valence-electron chi connectivity index (χ3n) is 4.05. The fraction of sp³-hybridized carbons (Fsp3) is 0.316. The summed E-state index contributed by atoms with van der Waals surface area (Å²) in [5, 5.41) is 0. The van der Waals surface area contributed by atoms with Crippen molar-refractivity contribution >= 4 is 18.0 Å². The van der Waals surface area contributed by atoms with Crippen LogP contribution in [0.15, 0.2) is 35.5 Å². The minimum Gasteiger partial charge on any atom is -0.455 e. The van der Waals surface area contributed by atoms with Gasteiger partial charge in [0.2, 0.25) is 0 Å². The van der Waals surface area contributed by atoms with E-state index in [2.05, 4.69) is 9.98 Å². The van der Waals surface area contributed by atoms with E-state index in [9.17, 15) is 9.18 Å². The first-order chi connectivity index (χ1) is 11.9. The molecule has 0 aliphatic carbocycles. The molecule has 0 radical (unpaired) electrons. The second-order valence-corrected chi connectivity index (χ2v) is 5.71. The van der Waals surface area contributed by atoms with E-state index in [1.165, 1.54) is 18.3 Å². The van der Waals surface area contributed by atoms with Gasteiger partial charge in [-0.2, -0.15) is 0 Å². The van der Waals surface area contributed by atoms with Gasteiger partial charge in [0.05, 0.1) is 17.6 Å². The Bertz CT molecular complexity index is 790. The summed E-state index contributed by atoms with van der Waals surface area (Å²) in [5.74, 6) is -1.00. The smallest absolute Gasteiger partial charge is 0.338 e. The fourth-order valence-corrected chi connectivity index (χ4v) is 2.15. The highest BCUT2D eigenvalue weighted by molar-refractivity contribution is 5.92. The van der Waals surface area contributed by atoms with Crippen LogP contribution in [0.25, 0.3) is 0 Å². The predicted molar refractivity (Wildman–Crippen MR) is 95.7 cm³/mol. The second kappa shape index (κ2) is 8.37. The third kappa shape index (κ3) is 4.62. The number of ether oxygens (including phenoxy) is 1. The number of benzene rings is 1. The molecule has 5 nitrogen and oxygen atoms in total. The van der Waals surface area contributed by atoms with Crippen molar-refractivity contribution in [3.63, 3.8) is 0 Å². The van der Waals surface area contributed by atoms with Crippen molar-refractivity contribution < 1.29 is 13.9 Å². The van der Waals surface area contributed by atoms with Gasteiger partial charge in [0.15, 0.2) is 0 Å². The number of nitrogens with zero attached hydrogens (tertiary/aromatic N) is 3. The molecule has 0 N–H and O–H groups in total. The first-order valence-electron chi connectivity index (χ1n) is 8.05. The van der Waals surface area contributed by atoms with Crippen LogP contribution in [0.5, 0.6) is 0 Å². The maximum atomic E-state index is 13.5. The summed E-state index contributed by atoms with van der Waals surface area (Å²) in [6.45, 7) is 6.44. The van der Waals surface area contributed by atoms with Gasteiger partial charge in [-0.15, -0.1) is 0 Å². The zero-order valence-electron chi connectivity index (χ0n) is 14.9. The number of hydrogen-bond donors (Lipinski definition) is 0. The van der Waals surface area contributed by atoms with Crippen LogP contribution in [0.1, 0.15) is 34.1 Å². The monoisotopic (exact) mass is 343 g/mol. The van der Waals surface area contributed by atoms with Crippen LogP contribution in [0.4, 0.5) is 10.1 Å². The van der Waals surface area contributed by atoms with E-state index >= 15 is 0 Å². The van der Waals surface area contributed by atoms with E-state index < -0.39 is 11.8 Å². The van der Waals surface area contributed by atoms with E-state index in [4.69, 9.17) is 4.74 Å². The van der Waals surface area contributed by atoms with Crippen LogP contribution in [0.3, 0.4) is 0 Å². The molecule has 0 saturated carbocycles. The van der Waals surface area contributed by atoms with E-state index in [1.54, 1.807) is 18.5 Å². The Kier molecular flexibility index (Phi) is 6.22. The molecule has 0 amide bonds. The standard InChI is InChI=1S/C19H22FN3O2/c1-5-23(4)12-22-17-9-8-15(13(2)14(17)3)19(24)25-11-18-16(20)7-6-10-21-18/h6-10,12H,5,11H2,1-4H3. The van der Waals surface area contributed by atoms with Gasteiger partial charge in [0, 0.05) is 19.8 Å². The van der Waals surface area contributed by atoms with Crippen molar-refractivity contribution in [1.82, 2.24) is 9.88 Å². The molecule has 1 heterocycles. The molecule has 1 aromatic heterocycles. The number of aromatic nitrogens is 1. The highest BCUT2D eigenvalue weighted by Crippen LogP contribution is 2.25. The number of carbonyl (C=O) groups excluding carboxylic acids is 1. The molecule has 0 aliphatic rings. The maximum absolute atomic E-state index is 13.5. The quantitative estimate of drug-likeness (QED) is 0.455. The molecule has 0 saturated heterocycles. The number of esters is 1. The zero-order valence-corrected chi connectivity index (χ0v) is 14.9. The van der Waals surface area contributed by atoms with Crippen LogP contribution in [0.2, 0.25) is 0 Å². The number of rotatable bonds is 6. The van der Waals surface area contributed by atoms with Crippen molar-refractivity contribution in [3.8, 4) is 0 Å². The second-order valence-electron chi connectivity index (χ2n) is 5.71. The molecule has 0 spiro atoms. The summed E-state index contributed by atoms with van der Waals surface area (Å²) in [6, 6.07) is 6.23. The first kappa shape index (κ1) is 18.6. The maximum Gasteiger partial charge on any atom is 0.338 e. The van der Waals surface area contributed by atoms with E-state index in [1.807, 2.05) is 32.7 Å². The molecule has 25 heavy (non-hydrogen) atoms. The van der Waals surface area contributed by atoms with Crippen molar-refractivity contribution in [1.29, 1.82) is 0 Å². The summed E-state index contributed by atoms with van der Waals surface area (Å²) in [5.41, 5.74) is 3.04. The van der Waals surface area contributed by atoms with Crippen molar-refractivity contribution in [2.45, 2.75) is 27.4 Å². The van der Waals surface area contributed by atoms with Gasteiger partial charge in [0.1, 0.15) is 18.1 Å². The molecule has 0 bridgehead atoms. The minimum atomic E-state index is -0.508. The highest BCUT2D eigenvalue weighted by Gasteiger charge is 2.15. The Morgan fingerprint density at radius 2 is 2.08 bits per heavy atom. The van der Waals surface area contributed by atoms with E-state index in [-0.39, 0.29) is 12.3 Å². The average Bonchev–Trinajstić information content (AvgIpc) is 2.61. The van der Waals surface area contributed by atoms with Gasteiger partial charge in [-0.3, -0.25) is 4.98 Å². The molecule has 6 heteroatoms. The predicted octanol–water partition coefficient (Wildman–Crippen LogP) is 3.81. The lowest BCUT2D eigenvalue weighted by molar-refractivity contribution is 0.0462. The van der Waals surface area contributed by atoms with Crippen molar-refractivity contribution in [2.24, 2.45) is 4.99 Å². The Morgan fingerprint density at radius 3 is 2.76 bits per heavy atom. The van der Waals surface area contributed by atoms with Crippen molar-refractivity contribution in [3.05, 3.63) is 58.7 Å². The van der Waals surface area contributed by atoms with E-state index in [0.717, 1.165) is 23.4 Å².